The van der Waals surface area contributed by atoms with Gasteiger partial charge in [0.25, 0.3) is 5.91 Å². The highest BCUT2D eigenvalue weighted by atomic mass is 19.1. The van der Waals surface area contributed by atoms with Crippen LogP contribution < -0.4 is 5.32 Å². The molecular formula is C16H12FN3O3. The van der Waals surface area contributed by atoms with E-state index in [-0.39, 0.29) is 0 Å². The summed E-state index contributed by atoms with van der Waals surface area (Å²) in [4.78, 5) is 30.6. The predicted octanol–water partition coefficient (Wildman–Crippen LogP) is 2.50. The van der Waals surface area contributed by atoms with Gasteiger partial charge in [0.05, 0.1) is 22.9 Å². The van der Waals surface area contributed by atoms with Gasteiger partial charge in [0.2, 0.25) is 0 Å². The highest BCUT2D eigenvalue weighted by molar-refractivity contribution is 5.97. The summed E-state index contributed by atoms with van der Waals surface area (Å²) >= 11 is 0. The highest BCUT2D eigenvalue weighted by Gasteiger charge is 2.11. The smallest absolute Gasteiger partial charge is 0.338 e. The number of anilines is 1. The first-order valence-electron chi connectivity index (χ1n) is 6.77. The first-order chi connectivity index (χ1) is 11.1. The summed E-state index contributed by atoms with van der Waals surface area (Å²) in [5.41, 5.74) is 2.17. The molecule has 1 amide bonds. The Morgan fingerprint density at radius 1 is 1.17 bits per heavy atom. The van der Waals surface area contributed by atoms with E-state index in [1.165, 1.54) is 30.6 Å². The zero-order valence-electron chi connectivity index (χ0n) is 11.9. The molecule has 3 rings (SSSR count). The molecule has 7 heteroatoms. The van der Waals surface area contributed by atoms with Crippen molar-refractivity contribution in [2.45, 2.75) is 0 Å². The molecule has 0 aliphatic heterocycles. The average molecular weight is 313 g/mol. The summed E-state index contributed by atoms with van der Waals surface area (Å²) in [6.07, 6.45) is 1.52. The normalized spacial score (nSPS) is 10.5. The molecule has 0 unspecified atom stereocenters. The lowest BCUT2D eigenvalue weighted by atomic mass is 10.2. The molecule has 1 aromatic heterocycles. The minimum absolute atomic E-state index is 0.316. The van der Waals surface area contributed by atoms with Crippen LogP contribution in [0.2, 0.25) is 0 Å². The number of hydrogen-bond donors (Lipinski definition) is 2. The van der Waals surface area contributed by atoms with E-state index in [9.17, 15) is 14.0 Å². The van der Waals surface area contributed by atoms with Crippen LogP contribution in [0.3, 0.4) is 0 Å². The zero-order valence-corrected chi connectivity index (χ0v) is 11.9. The minimum atomic E-state index is -0.615. The van der Waals surface area contributed by atoms with E-state index in [1.807, 2.05) is 0 Å². The van der Waals surface area contributed by atoms with Gasteiger partial charge in [0.15, 0.2) is 6.61 Å². The van der Waals surface area contributed by atoms with E-state index in [2.05, 4.69) is 15.3 Å². The highest BCUT2D eigenvalue weighted by Crippen LogP contribution is 2.13. The van der Waals surface area contributed by atoms with Crippen molar-refractivity contribution < 1.29 is 18.7 Å². The summed E-state index contributed by atoms with van der Waals surface area (Å²) in [6, 6.07) is 10.1. The Morgan fingerprint density at radius 3 is 2.74 bits per heavy atom. The van der Waals surface area contributed by atoms with Gasteiger partial charge >= 0.3 is 5.97 Å². The van der Waals surface area contributed by atoms with Crippen LogP contribution in [-0.4, -0.2) is 28.5 Å². The summed E-state index contributed by atoms with van der Waals surface area (Å²) < 4.78 is 17.7. The maximum atomic E-state index is 12.8. The number of ether oxygens (including phenoxy) is 1. The van der Waals surface area contributed by atoms with Crippen molar-refractivity contribution >= 4 is 28.6 Å². The Hall–Kier alpha value is -3.22. The number of aromatic nitrogens is 2. The van der Waals surface area contributed by atoms with Gasteiger partial charge in [-0.25, -0.2) is 14.2 Å². The quantitative estimate of drug-likeness (QED) is 0.725. The van der Waals surface area contributed by atoms with E-state index in [4.69, 9.17) is 4.74 Å². The van der Waals surface area contributed by atoms with Crippen molar-refractivity contribution in [3.63, 3.8) is 0 Å². The number of carbonyl (C=O) groups is 2. The number of carbonyl (C=O) groups excluding carboxylic acids is 2. The fourth-order valence-corrected chi connectivity index (χ4v) is 2.01. The van der Waals surface area contributed by atoms with Gasteiger partial charge in [-0.15, -0.1) is 0 Å². The average Bonchev–Trinajstić information content (AvgIpc) is 3.02. The Labute approximate surface area is 130 Å². The predicted molar refractivity (Wildman–Crippen MR) is 81.4 cm³/mol. The van der Waals surface area contributed by atoms with Gasteiger partial charge in [-0.1, -0.05) is 0 Å². The molecule has 0 aliphatic rings. The molecule has 2 aromatic carbocycles. The lowest BCUT2D eigenvalue weighted by Gasteiger charge is -2.06. The number of nitrogens with one attached hydrogen (secondary N) is 2. The molecule has 2 N–H and O–H groups in total. The van der Waals surface area contributed by atoms with Gasteiger partial charge in [0, 0.05) is 5.69 Å². The zero-order chi connectivity index (χ0) is 16.2. The standard InChI is InChI=1S/C16H12FN3O3/c17-11-2-4-12(5-3-11)20-15(21)8-23-16(22)10-1-6-13-14(7-10)19-9-18-13/h1-7,9H,8H2,(H,18,19)(H,20,21). The van der Waals surface area contributed by atoms with Crippen LogP contribution in [0, 0.1) is 5.82 Å². The van der Waals surface area contributed by atoms with Crippen molar-refractivity contribution in [3.05, 3.63) is 60.2 Å². The molecule has 0 atom stereocenters. The van der Waals surface area contributed by atoms with E-state index in [1.54, 1.807) is 18.2 Å². The van der Waals surface area contributed by atoms with Crippen molar-refractivity contribution in [1.82, 2.24) is 9.97 Å². The van der Waals surface area contributed by atoms with Crippen LogP contribution in [0.25, 0.3) is 11.0 Å². The number of hydrogen-bond acceptors (Lipinski definition) is 4. The lowest BCUT2D eigenvalue weighted by molar-refractivity contribution is -0.119. The maximum absolute atomic E-state index is 12.8. The van der Waals surface area contributed by atoms with Gasteiger partial charge in [0.1, 0.15) is 5.82 Å². The van der Waals surface area contributed by atoms with Crippen molar-refractivity contribution in [2.24, 2.45) is 0 Å². The van der Waals surface area contributed by atoms with Gasteiger partial charge in [-0.2, -0.15) is 0 Å². The van der Waals surface area contributed by atoms with E-state index >= 15 is 0 Å². The Bertz CT molecular complexity index is 858. The monoisotopic (exact) mass is 313 g/mol. The lowest BCUT2D eigenvalue weighted by Crippen LogP contribution is -2.20. The van der Waals surface area contributed by atoms with Gasteiger partial charge in [-0.05, 0) is 42.5 Å². The second-order valence-corrected chi connectivity index (χ2v) is 4.77. The molecule has 0 bridgehead atoms. The van der Waals surface area contributed by atoms with Crippen LogP contribution in [0.15, 0.2) is 48.8 Å². The SMILES string of the molecule is O=C(COC(=O)c1ccc2nc[nH]c2c1)Nc1ccc(F)cc1. The first-order valence-corrected chi connectivity index (χ1v) is 6.77. The first kappa shape index (κ1) is 14.7. The summed E-state index contributed by atoms with van der Waals surface area (Å²) in [7, 11) is 0. The number of halogens is 1. The van der Waals surface area contributed by atoms with Crippen LogP contribution in [0.4, 0.5) is 10.1 Å². The molecule has 1 heterocycles. The molecule has 0 spiro atoms. The Morgan fingerprint density at radius 2 is 1.96 bits per heavy atom. The Kier molecular flexibility index (Phi) is 4.01. The van der Waals surface area contributed by atoms with Crippen molar-refractivity contribution in [1.29, 1.82) is 0 Å². The molecule has 23 heavy (non-hydrogen) atoms. The molecular weight excluding hydrogens is 301 g/mol. The molecule has 0 fully saturated rings. The Balaban J connectivity index is 1.57. The van der Waals surface area contributed by atoms with Crippen LogP contribution in [0.1, 0.15) is 10.4 Å². The van der Waals surface area contributed by atoms with Crippen LogP contribution >= 0.6 is 0 Å². The number of benzene rings is 2. The van der Waals surface area contributed by atoms with Gasteiger partial charge in [-0.3, -0.25) is 4.79 Å². The number of esters is 1. The third-order valence-corrected chi connectivity index (χ3v) is 3.12. The molecule has 3 aromatic rings. The molecule has 116 valence electrons. The maximum Gasteiger partial charge on any atom is 0.338 e. The number of aromatic amines is 1. The summed E-state index contributed by atoms with van der Waals surface area (Å²) in [5, 5.41) is 2.50. The summed E-state index contributed by atoms with van der Waals surface area (Å²) in [6.45, 7) is -0.433. The van der Waals surface area contributed by atoms with E-state index in [0.717, 1.165) is 5.52 Å². The second kappa shape index (κ2) is 6.27. The molecule has 0 radical (unpaired) electrons. The molecule has 0 saturated heterocycles. The number of imidazole rings is 1. The molecule has 6 nitrogen and oxygen atoms in total. The van der Waals surface area contributed by atoms with Gasteiger partial charge < -0.3 is 15.0 Å². The number of H-pyrrole nitrogens is 1. The van der Waals surface area contributed by atoms with Crippen LogP contribution in [0.5, 0.6) is 0 Å². The minimum Gasteiger partial charge on any atom is -0.452 e. The second-order valence-electron chi connectivity index (χ2n) is 4.77. The van der Waals surface area contributed by atoms with Crippen LogP contribution in [-0.2, 0) is 9.53 Å². The molecule has 0 aliphatic carbocycles. The van der Waals surface area contributed by atoms with Crippen molar-refractivity contribution in [2.75, 3.05) is 11.9 Å². The summed E-state index contributed by atoms with van der Waals surface area (Å²) in [5.74, 6) is -1.52. The largest absolute Gasteiger partial charge is 0.452 e. The fraction of sp³-hybridized carbons (Fsp3) is 0.0625. The van der Waals surface area contributed by atoms with E-state index in [0.29, 0.717) is 16.8 Å². The third-order valence-electron chi connectivity index (χ3n) is 3.12. The molecule has 0 saturated carbocycles. The fourth-order valence-electron chi connectivity index (χ4n) is 2.01. The number of fused-ring (bicyclic) bond motifs is 1. The number of amides is 1. The third kappa shape index (κ3) is 3.52. The van der Waals surface area contributed by atoms with E-state index < -0.39 is 24.3 Å². The topological polar surface area (TPSA) is 84.1 Å². The number of nitrogens with zero attached hydrogens (tertiary/aromatic N) is 1. The van der Waals surface area contributed by atoms with Crippen molar-refractivity contribution in [3.8, 4) is 0 Å². The number of rotatable bonds is 4.